The molecule has 0 bridgehead atoms. The third-order valence-electron chi connectivity index (χ3n) is 4.44. The van der Waals surface area contributed by atoms with Crippen molar-refractivity contribution in [2.45, 2.75) is 20.1 Å². The average Bonchev–Trinajstić information content (AvgIpc) is 2.72. The molecule has 3 aromatic carbocycles. The number of anilines is 1. The maximum absolute atomic E-state index is 11.0. The van der Waals surface area contributed by atoms with Crippen LogP contribution in [0.25, 0.3) is 0 Å². The highest BCUT2D eigenvalue weighted by Crippen LogP contribution is 2.29. The van der Waals surface area contributed by atoms with Crippen molar-refractivity contribution in [1.29, 1.82) is 0 Å². The summed E-state index contributed by atoms with van der Waals surface area (Å²) in [5.41, 5.74) is 4.10. The van der Waals surface area contributed by atoms with Crippen LogP contribution >= 0.6 is 11.6 Å². The first kappa shape index (κ1) is 20.6. The zero-order valence-electron chi connectivity index (χ0n) is 16.2. The van der Waals surface area contributed by atoms with Crippen LogP contribution in [0.15, 0.2) is 60.7 Å². The standard InChI is InChI=1S/C23H22ClNO4/c1-15-3-5-16(6-4-15)14-29-21-10-7-17(11-22(21)28-2)13-25-18-8-9-19(23(26)27)20(24)12-18/h3-12,25H,13-14H2,1-2H3,(H,26,27). The number of methoxy groups -OCH3 is 1. The Balaban J connectivity index is 1.64. The number of hydrogen-bond acceptors (Lipinski definition) is 4. The van der Waals surface area contributed by atoms with Gasteiger partial charge in [0.25, 0.3) is 0 Å². The molecule has 0 unspecified atom stereocenters. The topological polar surface area (TPSA) is 67.8 Å². The molecule has 3 aromatic rings. The average molecular weight is 412 g/mol. The van der Waals surface area contributed by atoms with Gasteiger partial charge < -0.3 is 19.9 Å². The Hall–Kier alpha value is -3.18. The smallest absolute Gasteiger partial charge is 0.337 e. The van der Waals surface area contributed by atoms with Crippen molar-refractivity contribution in [1.82, 2.24) is 0 Å². The minimum atomic E-state index is -1.05. The maximum Gasteiger partial charge on any atom is 0.337 e. The molecule has 3 rings (SSSR count). The molecule has 29 heavy (non-hydrogen) atoms. The van der Waals surface area contributed by atoms with Gasteiger partial charge in [-0.05, 0) is 48.4 Å². The first-order valence-electron chi connectivity index (χ1n) is 9.08. The molecule has 0 saturated heterocycles. The van der Waals surface area contributed by atoms with Crippen molar-refractivity contribution in [2.24, 2.45) is 0 Å². The third-order valence-corrected chi connectivity index (χ3v) is 4.75. The fraction of sp³-hybridized carbons (Fsp3) is 0.174. The molecule has 0 aliphatic rings. The van der Waals surface area contributed by atoms with Crippen LogP contribution < -0.4 is 14.8 Å². The molecule has 0 fully saturated rings. The Morgan fingerprint density at radius 2 is 1.72 bits per heavy atom. The van der Waals surface area contributed by atoms with Gasteiger partial charge in [-0.2, -0.15) is 0 Å². The van der Waals surface area contributed by atoms with Gasteiger partial charge in [0.15, 0.2) is 11.5 Å². The van der Waals surface area contributed by atoms with E-state index in [9.17, 15) is 4.79 Å². The third kappa shape index (κ3) is 5.42. The normalized spacial score (nSPS) is 10.4. The lowest BCUT2D eigenvalue weighted by Gasteiger charge is -2.13. The van der Waals surface area contributed by atoms with Crippen LogP contribution in [0.4, 0.5) is 5.69 Å². The molecule has 6 heteroatoms. The van der Waals surface area contributed by atoms with Crippen molar-refractivity contribution in [3.63, 3.8) is 0 Å². The van der Waals surface area contributed by atoms with Gasteiger partial charge >= 0.3 is 5.97 Å². The summed E-state index contributed by atoms with van der Waals surface area (Å²) in [5, 5.41) is 12.5. The lowest BCUT2D eigenvalue weighted by atomic mass is 10.1. The van der Waals surface area contributed by atoms with Gasteiger partial charge in [0.05, 0.1) is 17.7 Å². The Morgan fingerprint density at radius 1 is 1.00 bits per heavy atom. The summed E-state index contributed by atoms with van der Waals surface area (Å²) in [6.45, 7) is 3.04. The molecule has 0 heterocycles. The summed E-state index contributed by atoms with van der Waals surface area (Å²) in [7, 11) is 1.61. The first-order valence-corrected chi connectivity index (χ1v) is 9.46. The predicted molar refractivity (Wildman–Crippen MR) is 114 cm³/mol. The number of hydrogen-bond donors (Lipinski definition) is 2. The highest BCUT2D eigenvalue weighted by atomic mass is 35.5. The van der Waals surface area contributed by atoms with E-state index in [4.69, 9.17) is 26.2 Å². The van der Waals surface area contributed by atoms with E-state index in [-0.39, 0.29) is 10.6 Å². The quantitative estimate of drug-likeness (QED) is 0.509. The number of carboxylic acids is 1. The maximum atomic E-state index is 11.0. The van der Waals surface area contributed by atoms with Crippen LogP contribution in [0, 0.1) is 6.92 Å². The van der Waals surface area contributed by atoms with E-state index < -0.39 is 5.97 Å². The number of ether oxygens (including phenoxy) is 2. The number of halogens is 1. The molecule has 0 aliphatic carbocycles. The van der Waals surface area contributed by atoms with E-state index in [0.717, 1.165) is 16.8 Å². The molecule has 2 N–H and O–H groups in total. The van der Waals surface area contributed by atoms with Gasteiger partial charge in [-0.25, -0.2) is 4.79 Å². The summed E-state index contributed by atoms with van der Waals surface area (Å²) in [4.78, 5) is 11.0. The van der Waals surface area contributed by atoms with Crippen LogP contribution in [0.5, 0.6) is 11.5 Å². The Bertz CT molecular complexity index is 1000. The molecule has 0 aliphatic heterocycles. The highest BCUT2D eigenvalue weighted by Gasteiger charge is 2.10. The van der Waals surface area contributed by atoms with Crippen LogP contribution in [0.3, 0.4) is 0 Å². The molecule has 0 amide bonds. The van der Waals surface area contributed by atoms with Gasteiger partial charge in [-0.3, -0.25) is 0 Å². The number of carbonyl (C=O) groups is 1. The molecular formula is C23H22ClNO4. The van der Waals surface area contributed by atoms with Crippen molar-refractivity contribution in [3.05, 3.63) is 87.9 Å². The number of carboxylic acid groups (broad SMARTS) is 1. The largest absolute Gasteiger partial charge is 0.493 e. The van der Waals surface area contributed by atoms with Gasteiger partial charge in [0.1, 0.15) is 6.61 Å². The first-order chi connectivity index (χ1) is 14.0. The number of benzene rings is 3. The second-order valence-electron chi connectivity index (χ2n) is 6.61. The van der Waals surface area contributed by atoms with Gasteiger partial charge in [-0.1, -0.05) is 47.5 Å². The van der Waals surface area contributed by atoms with Crippen molar-refractivity contribution in [3.8, 4) is 11.5 Å². The lowest BCUT2D eigenvalue weighted by Crippen LogP contribution is -2.03. The molecule has 0 spiro atoms. The van der Waals surface area contributed by atoms with E-state index >= 15 is 0 Å². The summed E-state index contributed by atoms with van der Waals surface area (Å²) >= 11 is 6.01. The van der Waals surface area contributed by atoms with Gasteiger partial charge in [-0.15, -0.1) is 0 Å². The highest BCUT2D eigenvalue weighted by molar-refractivity contribution is 6.33. The molecular weight excluding hydrogens is 390 g/mol. The SMILES string of the molecule is COc1cc(CNc2ccc(C(=O)O)c(Cl)c2)ccc1OCc1ccc(C)cc1. The van der Waals surface area contributed by atoms with Crippen molar-refractivity contribution < 1.29 is 19.4 Å². The van der Waals surface area contributed by atoms with Gasteiger partial charge in [0.2, 0.25) is 0 Å². The number of aromatic carboxylic acids is 1. The van der Waals surface area contributed by atoms with Crippen LogP contribution in [-0.4, -0.2) is 18.2 Å². The molecule has 150 valence electrons. The zero-order chi connectivity index (χ0) is 20.8. The number of aryl methyl sites for hydroxylation is 1. The fourth-order valence-electron chi connectivity index (χ4n) is 2.79. The summed E-state index contributed by atoms with van der Waals surface area (Å²) in [6.07, 6.45) is 0. The molecule has 5 nitrogen and oxygen atoms in total. The lowest BCUT2D eigenvalue weighted by molar-refractivity contribution is 0.0697. The van der Waals surface area contributed by atoms with Crippen molar-refractivity contribution >= 4 is 23.3 Å². The molecule has 0 atom stereocenters. The van der Waals surface area contributed by atoms with E-state index in [1.165, 1.54) is 11.6 Å². The van der Waals surface area contributed by atoms with Gasteiger partial charge in [0, 0.05) is 12.2 Å². The Morgan fingerprint density at radius 3 is 2.38 bits per heavy atom. The summed E-state index contributed by atoms with van der Waals surface area (Å²) in [6, 6.07) is 18.7. The van der Waals surface area contributed by atoms with E-state index in [0.29, 0.717) is 24.7 Å². The Kier molecular flexibility index (Phi) is 6.62. The minimum Gasteiger partial charge on any atom is -0.493 e. The summed E-state index contributed by atoms with van der Waals surface area (Å²) in [5.74, 6) is 0.272. The van der Waals surface area contributed by atoms with Crippen molar-refractivity contribution in [2.75, 3.05) is 12.4 Å². The number of rotatable bonds is 8. The molecule has 0 radical (unpaired) electrons. The van der Waals surface area contributed by atoms with E-state index in [1.807, 2.05) is 30.3 Å². The Labute approximate surface area is 174 Å². The summed E-state index contributed by atoms with van der Waals surface area (Å²) < 4.78 is 11.4. The van der Waals surface area contributed by atoms with E-state index in [1.54, 1.807) is 19.2 Å². The molecule has 0 saturated carbocycles. The monoisotopic (exact) mass is 411 g/mol. The predicted octanol–water partition coefficient (Wildman–Crippen LogP) is 5.55. The van der Waals surface area contributed by atoms with E-state index in [2.05, 4.69) is 24.4 Å². The number of nitrogens with one attached hydrogen (secondary N) is 1. The zero-order valence-corrected chi connectivity index (χ0v) is 17.0. The fourth-order valence-corrected chi connectivity index (χ4v) is 3.05. The molecule has 0 aromatic heterocycles. The second-order valence-corrected chi connectivity index (χ2v) is 7.02. The second kappa shape index (κ2) is 9.34. The van der Waals surface area contributed by atoms with Crippen LogP contribution in [0.2, 0.25) is 5.02 Å². The minimum absolute atomic E-state index is 0.0777. The van der Waals surface area contributed by atoms with Crippen LogP contribution in [0.1, 0.15) is 27.0 Å². The van der Waals surface area contributed by atoms with Crippen LogP contribution in [-0.2, 0) is 13.2 Å².